The maximum absolute atomic E-state index is 12.2. The minimum absolute atomic E-state index is 0.0861. The van der Waals surface area contributed by atoms with Crippen LogP contribution in [-0.2, 0) is 6.42 Å². The Hall–Kier alpha value is -2.09. The summed E-state index contributed by atoms with van der Waals surface area (Å²) >= 11 is 1.48. The normalized spacial score (nSPS) is 9.86. The molecule has 0 spiro atoms. The SMILES string of the molecule is CCc1cc(C#CCO)ccc1NC(=O)c1ccc(C)s1. The maximum Gasteiger partial charge on any atom is 0.265 e. The number of benzene rings is 1. The molecule has 0 bridgehead atoms. The summed E-state index contributed by atoms with van der Waals surface area (Å²) in [6.07, 6.45) is 0.799. The van der Waals surface area contributed by atoms with E-state index >= 15 is 0 Å². The van der Waals surface area contributed by atoms with E-state index in [2.05, 4.69) is 17.2 Å². The third-order valence-corrected chi connectivity index (χ3v) is 4.01. The molecule has 21 heavy (non-hydrogen) atoms. The third kappa shape index (κ3) is 3.94. The summed E-state index contributed by atoms with van der Waals surface area (Å²) in [5.74, 6) is 5.41. The predicted octanol–water partition coefficient (Wildman–Crippen LogP) is 3.22. The Morgan fingerprint density at radius 2 is 2.14 bits per heavy atom. The van der Waals surface area contributed by atoms with Gasteiger partial charge in [-0.1, -0.05) is 18.8 Å². The number of aliphatic hydroxyl groups is 1. The van der Waals surface area contributed by atoms with Crippen molar-refractivity contribution in [1.29, 1.82) is 0 Å². The van der Waals surface area contributed by atoms with Crippen LogP contribution >= 0.6 is 11.3 Å². The quantitative estimate of drug-likeness (QED) is 0.855. The predicted molar refractivity (Wildman–Crippen MR) is 86.8 cm³/mol. The van der Waals surface area contributed by atoms with Gasteiger partial charge in [-0.2, -0.15) is 0 Å². The van der Waals surface area contributed by atoms with Gasteiger partial charge in [-0.25, -0.2) is 0 Å². The van der Waals surface area contributed by atoms with Crippen molar-refractivity contribution in [2.75, 3.05) is 11.9 Å². The lowest BCUT2D eigenvalue weighted by Gasteiger charge is -2.09. The lowest BCUT2D eigenvalue weighted by atomic mass is 10.1. The van der Waals surface area contributed by atoms with Crippen LogP contribution < -0.4 is 5.32 Å². The monoisotopic (exact) mass is 299 g/mol. The molecule has 0 radical (unpaired) electrons. The van der Waals surface area contributed by atoms with Crippen molar-refractivity contribution < 1.29 is 9.90 Å². The second kappa shape index (κ2) is 7.07. The molecule has 3 nitrogen and oxygen atoms in total. The van der Waals surface area contributed by atoms with Crippen molar-refractivity contribution in [2.24, 2.45) is 0 Å². The largest absolute Gasteiger partial charge is 0.384 e. The molecule has 1 aromatic carbocycles. The van der Waals surface area contributed by atoms with Crippen LogP contribution in [0.1, 0.15) is 32.6 Å². The van der Waals surface area contributed by atoms with Crippen LogP contribution in [0.5, 0.6) is 0 Å². The van der Waals surface area contributed by atoms with Crippen molar-refractivity contribution in [3.05, 3.63) is 51.2 Å². The van der Waals surface area contributed by atoms with Crippen molar-refractivity contribution in [2.45, 2.75) is 20.3 Å². The van der Waals surface area contributed by atoms with E-state index in [1.54, 1.807) is 0 Å². The first-order valence-electron chi connectivity index (χ1n) is 6.74. The van der Waals surface area contributed by atoms with E-state index in [1.165, 1.54) is 11.3 Å². The molecule has 2 rings (SSSR count). The van der Waals surface area contributed by atoms with Gasteiger partial charge in [0, 0.05) is 16.1 Å². The number of hydrogen-bond acceptors (Lipinski definition) is 3. The van der Waals surface area contributed by atoms with Crippen LogP contribution in [0.25, 0.3) is 0 Å². The molecule has 1 aromatic heterocycles. The number of thiophene rings is 1. The fourth-order valence-corrected chi connectivity index (χ4v) is 2.73. The van der Waals surface area contributed by atoms with Crippen LogP contribution in [0, 0.1) is 18.8 Å². The molecule has 2 aromatic rings. The van der Waals surface area contributed by atoms with Crippen LogP contribution in [0.15, 0.2) is 30.3 Å². The molecule has 0 atom stereocenters. The van der Waals surface area contributed by atoms with E-state index in [1.807, 2.05) is 44.2 Å². The van der Waals surface area contributed by atoms with Gasteiger partial charge in [0.2, 0.25) is 0 Å². The average Bonchev–Trinajstić information content (AvgIpc) is 2.92. The summed E-state index contributed by atoms with van der Waals surface area (Å²) in [7, 11) is 0. The number of carbonyl (C=O) groups is 1. The maximum atomic E-state index is 12.2. The van der Waals surface area contributed by atoms with Crippen LogP contribution in [0.3, 0.4) is 0 Å². The molecule has 0 aliphatic heterocycles. The zero-order chi connectivity index (χ0) is 15.2. The fraction of sp³-hybridized carbons (Fsp3) is 0.235. The molecular formula is C17H17NO2S. The van der Waals surface area contributed by atoms with Crippen LogP contribution in [0.2, 0.25) is 0 Å². The van der Waals surface area contributed by atoms with Gasteiger partial charge < -0.3 is 10.4 Å². The molecule has 0 fully saturated rings. The van der Waals surface area contributed by atoms with E-state index in [0.717, 1.165) is 28.1 Å². The summed E-state index contributed by atoms with van der Waals surface area (Å²) in [5, 5.41) is 11.7. The van der Waals surface area contributed by atoms with Gasteiger partial charge in [0.05, 0.1) is 4.88 Å². The fourth-order valence-electron chi connectivity index (χ4n) is 1.97. The standard InChI is InChI=1S/C17H17NO2S/c1-3-14-11-13(5-4-10-19)7-8-15(14)18-17(20)16-9-6-12(2)21-16/h6-9,11,19H,3,10H2,1-2H3,(H,18,20). The number of hydrogen-bond donors (Lipinski definition) is 2. The van der Waals surface area contributed by atoms with Crippen molar-refractivity contribution in [1.82, 2.24) is 0 Å². The zero-order valence-electron chi connectivity index (χ0n) is 12.1. The average molecular weight is 299 g/mol. The molecule has 2 N–H and O–H groups in total. The van der Waals surface area contributed by atoms with Crippen molar-refractivity contribution in [3.8, 4) is 11.8 Å². The van der Waals surface area contributed by atoms with Crippen molar-refractivity contribution >= 4 is 22.9 Å². The number of aliphatic hydroxyl groups excluding tert-OH is 1. The second-order valence-corrected chi connectivity index (χ2v) is 5.84. The lowest BCUT2D eigenvalue weighted by molar-refractivity contribution is 0.103. The zero-order valence-corrected chi connectivity index (χ0v) is 12.9. The molecular weight excluding hydrogens is 282 g/mol. The minimum Gasteiger partial charge on any atom is -0.384 e. The first kappa shape index (κ1) is 15.3. The molecule has 108 valence electrons. The lowest BCUT2D eigenvalue weighted by Crippen LogP contribution is -2.11. The second-order valence-electron chi connectivity index (χ2n) is 4.55. The van der Waals surface area contributed by atoms with Crippen LogP contribution in [0.4, 0.5) is 5.69 Å². The number of anilines is 1. The smallest absolute Gasteiger partial charge is 0.265 e. The molecule has 1 amide bonds. The van der Waals surface area contributed by atoms with E-state index in [-0.39, 0.29) is 12.5 Å². The first-order valence-corrected chi connectivity index (χ1v) is 7.56. The summed E-state index contributed by atoms with van der Waals surface area (Å²) in [5.41, 5.74) is 2.68. The van der Waals surface area contributed by atoms with E-state index in [9.17, 15) is 4.79 Å². The van der Waals surface area contributed by atoms with E-state index in [0.29, 0.717) is 4.88 Å². The topological polar surface area (TPSA) is 49.3 Å². The highest BCUT2D eigenvalue weighted by Crippen LogP contribution is 2.21. The van der Waals surface area contributed by atoms with Gasteiger partial charge in [0.25, 0.3) is 5.91 Å². The summed E-state index contributed by atoms with van der Waals surface area (Å²) in [4.78, 5) is 14.0. The Morgan fingerprint density at radius 1 is 1.33 bits per heavy atom. The summed E-state index contributed by atoms with van der Waals surface area (Å²) < 4.78 is 0. The number of amides is 1. The highest BCUT2D eigenvalue weighted by molar-refractivity contribution is 7.14. The minimum atomic E-state index is -0.155. The Balaban J connectivity index is 2.21. The summed E-state index contributed by atoms with van der Waals surface area (Å²) in [6, 6.07) is 9.42. The first-order chi connectivity index (χ1) is 10.1. The van der Waals surface area contributed by atoms with Gasteiger partial charge in [0.1, 0.15) is 6.61 Å². The molecule has 0 aliphatic rings. The molecule has 0 aliphatic carbocycles. The van der Waals surface area contributed by atoms with Crippen LogP contribution in [-0.4, -0.2) is 17.6 Å². The van der Waals surface area contributed by atoms with E-state index in [4.69, 9.17) is 5.11 Å². The highest BCUT2D eigenvalue weighted by atomic mass is 32.1. The molecule has 0 saturated carbocycles. The highest BCUT2D eigenvalue weighted by Gasteiger charge is 2.10. The number of carbonyl (C=O) groups excluding carboxylic acids is 1. The third-order valence-electron chi connectivity index (χ3n) is 3.01. The molecule has 0 unspecified atom stereocenters. The van der Waals surface area contributed by atoms with Gasteiger partial charge >= 0.3 is 0 Å². The molecule has 0 saturated heterocycles. The Kier molecular flexibility index (Phi) is 5.15. The van der Waals surface area contributed by atoms with Gasteiger partial charge in [-0.05, 0) is 49.2 Å². The molecule has 1 heterocycles. The van der Waals surface area contributed by atoms with Gasteiger partial charge in [-0.3, -0.25) is 4.79 Å². The van der Waals surface area contributed by atoms with E-state index < -0.39 is 0 Å². The van der Waals surface area contributed by atoms with Gasteiger partial charge in [-0.15, -0.1) is 11.3 Å². The van der Waals surface area contributed by atoms with Crippen molar-refractivity contribution in [3.63, 3.8) is 0 Å². The number of nitrogens with one attached hydrogen (secondary N) is 1. The Morgan fingerprint density at radius 3 is 2.76 bits per heavy atom. The Labute approximate surface area is 128 Å². The molecule has 4 heteroatoms. The number of aryl methyl sites for hydroxylation is 2. The Bertz CT molecular complexity index is 707. The van der Waals surface area contributed by atoms with Gasteiger partial charge in [0.15, 0.2) is 0 Å². The number of rotatable bonds is 3. The summed E-state index contributed by atoms with van der Waals surface area (Å²) in [6.45, 7) is 3.86.